The van der Waals surface area contributed by atoms with Crippen molar-refractivity contribution in [3.8, 4) is 6.07 Å². The number of ether oxygens (including phenoxy) is 1. The lowest BCUT2D eigenvalue weighted by Gasteiger charge is -2.23. The zero-order valence-electron chi connectivity index (χ0n) is 9.74. The number of anilines is 2. The van der Waals surface area contributed by atoms with Gasteiger partial charge in [-0.3, -0.25) is 0 Å². The number of nitrogens with zero attached hydrogens (tertiary/aromatic N) is 2. The summed E-state index contributed by atoms with van der Waals surface area (Å²) in [7, 11) is 1.65. The Morgan fingerprint density at radius 1 is 1.56 bits per heavy atom. The smallest absolute Gasteiger partial charge is 0.165 e. The summed E-state index contributed by atoms with van der Waals surface area (Å²) in [6.07, 6.45) is 0. The second-order valence-corrected chi connectivity index (χ2v) is 4.06. The van der Waals surface area contributed by atoms with Crippen molar-refractivity contribution in [3.63, 3.8) is 0 Å². The largest absolute Gasteiger partial charge is 0.396 e. The fourth-order valence-corrected chi connectivity index (χ4v) is 1.03. The minimum Gasteiger partial charge on any atom is -0.396 e. The molecule has 0 fully saturated rings. The lowest BCUT2D eigenvalue weighted by Crippen LogP contribution is -2.32. The predicted molar refractivity (Wildman–Crippen MR) is 62.9 cm³/mol. The number of hydrogen-bond donors (Lipinski definition) is 2. The van der Waals surface area contributed by atoms with Crippen molar-refractivity contribution in [1.29, 1.82) is 5.26 Å². The molecule has 1 rings (SSSR count). The molecule has 0 spiro atoms. The van der Waals surface area contributed by atoms with Gasteiger partial charge in [0.25, 0.3) is 0 Å². The zero-order chi connectivity index (χ0) is 12.2. The maximum Gasteiger partial charge on any atom is 0.165 e. The van der Waals surface area contributed by atoms with Crippen LogP contribution in [0.2, 0.25) is 0 Å². The molecule has 1 aromatic rings. The molecule has 1 heterocycles. The fraction of sp³-hybridized carbons (Fsp3) is 0.455. The summed E-state index contributed by atoms with van der Waals surface area (Å²) in [5.41, 5.74) is 5.91. The maximum atomic E-state index is 8.77. The molecule has 0 unspecified atom stereocenters. The zero-order valence-corrected chi connectivity index (χ0v) is 9.74. The van der Waals surface area contributed by atoms with Gasteiger partial charge in [-0.05, 0) is 26.0 Å². The van der Waals surface area contributed by atoms with E-state index in [1.165, 1.54) is 0 Å². The molecule has 5 nitrogen and oxygen atoms in total. The molecule has 0 atom stereocenters. The molecule has 0 bridgehead atoms. The fourth-order valence-electron chi connectivity index (χ4n) is 1.03. The molecule has 5 heteroatoms. The molecule has 16 heavy (non-hydrogen) atoms. The molecule has 0 aliphatic rings. The van der Waals surface area contributed by atoms with E-state index in [9.17, 15) is 0 Å². The molecular weight excluding hydrogens is 204 g/mol. The average Bonchev–Trinajstić information content (AvgIpc) is 2.28. The first-order chi connectivity index (χ1) is 7.48. The summed E-state index contributed by atoms with van der Waals surface area (Å²) in [5.74, 6) is 0.621. The van der Waals surface area contributed by atoms with Crippen LogP contribution in [-0.4, -0.2) is 24.2 Å². The number of nitrogen functional groups attached to an aromatic ring is 1. The van der Waals surface area contributed by atoms with Crippen molar-refractivity contribution in [2.45, 2.75) is 19.4 Å². The third-order valence-electron chi connectivity index (χ3n) is 2.28. The Kier molecular flexibility index (Phi) is 3.69. The second-order valence-electron chi connectivity index (χ2n) is 4.06. The molecule has 86 valence electrons. The summed E-state index contributed by atoms with van der Waals surface area (Å²) >= 11 is 0. The Bertz CT molecular complexity index is 409. The van der Waals surface area contributed by atoms with Gasteiger partial charge in [-0.1, -0.05) is 0 Å². The van der Waals surface area contributed by atoms with Gasteiger partial charge in [-0.2, -0.15) is 5.26 Å². The summed E-state index contributed by atoms with van der Waals surface area (Å²) in [4.78, 5) is 4.08. The Balaban J connectivity index is 2.73. The lowest BCUT2D eigenvalue weighted by atomic mass is 10.1. The van der Waals surface area contributed by atoms with Crippen molar-refractivity contribution in [2.75, 3.05) is 24.7 Å². The molecule has 0 aromatic carbocycles. The van der Waals surface area contributed by atoms with Crippen LogP contribution in [-0.2, 0) is 4.74 Å². The van der Waals surface area contributed by atoms with E-state index < -0.39 is 0 Å². The highest BCUT2D eigenvalue weighted by Crippen LogP contribution is 2.14. The number of rotatable bonds is 4. The van der Waals surface area contributed by atoms with Crippen LogP contribution in [0.3, 0.4) is 0 Å². The average molecular weight is 220 g/mol. The Morgan fingerprint density at radius 2 is 2.25 bits per heavy atom. The summed E-state index contributed by atoms with van der Waals surface area (Å²) in [6.45, 7) is 4.52. The van der Waals surface area contributed by atoms with Crippen molar-refractivity contribution in [2.24, 2.45) is 0 Å². The molecular formula is C11H16N4O. The number of pyridine rings is 1. The van der Waals surface area contributed by atoms with E-state index in [0.29, 0.717) is 18.1 Å². The van der Waals surface area contributed by atoms with Crippen LogP contribution in [0, 0.1) is 11.3 Å². The van der Waals surface area contributed by atoms with Gasteiger partial charge in [0.2, 0.25) is 0 Å². The van der Waals surface area contributed by atoms with E-state index in [1.54, 1.807) is 19.2 Å². The number of nitrogens with one attached hydrogen (secondary N) is 1. The molecule has 3 N–H and O–H groups in total. The van der Waals surface area contributed by atoms with E-state index in [-0.39, 0.29) is 11.3 Å². The van der Waals surface area contributed by atoms with Crippen molar-refractivity contribution in [3.05, 3.63) is 17.8 Å². The first kappa shape index (κ1) is 12.3. The lowest BCUT2D eigenvalue weighted by molar-refractivity contribution is 0.0343. The molecule has 0 saturated carbocycles. The van der Waals surface area contributed by atoms with Crippen LogP contribution in [0.5, 0.6) is 0 Å². The Labute approximate surface area is 95.2 Å². The number of hydrogen-bond acceptors (Lipinski definition) is 5. The summed E-state index contributed by atoms with van der Waals surface area (Å²) in [5, 5.41) is 11.9. The van der Waals surface area contributed by atoms with Crippen LogP contribution in [0.1, 0.15) is 19.5 Å². The highest BCUT2D eigenvalue weighted by Gasteiger charge is 2.16. The SMILES string of the molecule is COC(C)(C)CNc1ccc(N)c(C#N)n1. The van der Waals surface area contributed by atoms with Crippen LogP contribution in [0.15, 0.2) is 12.1 Å². The van der Waals surface area contributed by atoms with Gasteiger partial charge < -0.3 is 15.8 Å². The van der Waals surface area contributed by atoms with Gasteiger partial charge in [0.15, 0.2) is 5.69 Å². The molecule has 0 aliphatic heterocycles. The van der Waals surface area contributed by atoms with Crippen LogP contribution < -0.4 is 11.1 Å². The van der Waals surface area contributed by atoms with Crippen molar-refractivity contribution < 1.29 is 4.74 Å². The molecule has 1 aromatic heterocycles. The number of nitriles is 1. The summed E-state index contributed by atoms with van der Waals surface area (Å²) in [6, 6.07) is 5.34. The minimum absolute atomic E-state index is 0.236. The van der Waals surface area contributed by atoms with Gasteiger partial charge in [-0.15, -0.1) is 0 Å². The van der Waals surface area contributed by atoms with Crippen molar-refractivity contribution >= 4 is 11.5 Å². The van der Waals surface area contributed by atoms with Gasteiger partial charge in [0, 0.05) is 13.7 Å². The number of nitrogens with two attached hydrogens (primary N) is 1. The minimum atomic E-state index is -0.282. The predicted octanol–water partition coefficient (Wildman–Crippen LogP) is 1.37. The van der Waals surface area contributed by atoms with Gasteiger partial charge in [-0.25, -0.2) is 4.98 Å². The quantitative estimate of drug-likeness (QED) is 0.800. The van der Waals surface area contributed by atoms with E-state index in [4.69, 9.17) is 15.7 Å². The molecule has 0 radical (unpaired) electrons. The monoisotopic (exact) mass is 220 g/mol. The standard InChI is InChI=1S/C11H16N4O/c1-11(2,16-3)7-14-10-5-4-8(13)9(6-12)15-10/h4-5H,7,13H2,1-3H3,(H,14,15). The van der Waals surface area contributed by atoms with E-state index >= 15 is 0 Å². The first-order valence-electron chi connectivity index (χ1n) is 4.94. The molecule has 0 saturated heterocycles. The normalized spacial score (nSPS) is 10.9. The highest BCUT2D eigenvalue weighted by atomic mass is 16.5. The number of methoxy groups -OCH3 is 1. The van der Waals surface area contributed by atoms with Crippen LogP contribution in [0.25, 0.3) is 0 Å². The van der Waals surface area contributed by atoms with Crippen molar-refractivity contribution in [1.82, 2.24) is 4.98 Å². The van der Waals surface area contributed by atoms with E-state index in [0.717, 1.165) is 0 Å². The van der Waals surface area contributed by atoms with Gasteiger partial charge in [0.05, 0.1) is 11.3 Å². The third-order valence-corrected chi connectivity index (χ3v) is 2.28. The van der Waals surface area contributed by atoms with Gasteiger partial charge >= 0.3 is 0 Å². The topological polar surface area (TPSA) is 84.0 Å². The third kappa shape index (κ3) is 3.11. The summed E-state index contributed by atoms with van der Waals surface area (Å²) < 4.78 is 5.26. The van der Waals surface area contributed by atoms with Gasteiger partial charge in [0.1, 0.15) is 11.9 Å². The second kappa shape index (κ2) is 4.81. The Hall–Kier alpha value is -1.80. The van der Waals surface area contributed by atoms with Crippen LogP contribution in [0.4, 0.5) is 11.5 Å². The highest BCUT2D eigenvalue weighted by molar-refractivity contribution is 5.54. The molecule has 0 aliphatic carbocycles. The van der Waals surface area contributed by atoms with E-state index in [2.05, 4.69) is 10.3 Å². The first-order valence-corrected chi connectivity index (χ1v) is 4.94. The van der Waals surface area contributed by atoms with Crippen LogP contribution >= 0.6 is 0 Å². The maximum absolute atomic E-state index is 8.77. The molecule has 0 amide bonds. The number of aromatic nitrogens is 1. The van der Waals surface area contributed by atoms with E-state index in [1.807, 2.05) is 19.9 Å². The Morgan fingerprint density at radius 3 is 2.81 bits per heavy atom.